The molecule has 0 aromatic carbocycles. The Balaban J connectivity index is 1.76. The number of hydrogen-bond donors (Lipinski definition) is 2. The molecule has 2 atom stereocenters. The summed E-state index contributed by atoms with van der Waals surface area (Å²) in [5.41, 5.74) is 6.05. The highest BCUT2D eigenvalue weighted by molar-refractivity contribution is 5.77. The van der Waals surface area contributed by atoms with Crippen molar-refractivity contribution in [3.05, 3.63) is 0 Å². The maximum absolute atomic E-state index is 12.1. The monoisotopic (exact) mass is 252 g/mol. The number of nitrogens with one attached hydrogen (secondary N) is 1. The van der Waals surface area contributed by atoms with E-state index in [0.29, 0.717) is 12.5 Å². The van der Waals surface area contributed by atoms with E-state index >= 15 is 0 Å². The Kier molecular flexibility index (Phi) is 4.66. The Bertz CT molecular complexity index is 284. The lowest BCUT2D eigenvalue weighted by Gasteiger charge is -2.24. The van der Waals surface area contributed by atoms with Crippen LogP contribution in [0.3, 0.4) is 0 Å². The molecular weight excluding hydrogens is 224 g/mol. The van der Waals surface area contributed by atoms with Gasteiger partial charge in [-0.25, -0.2) is 0 Å². The van der Waals surface area contributed by atoms with Crippen molar-refractivity contribution in [3.63, 3.8) is 0 Å². The predicted octanol–water partition coefficient (Wildman–Crippen LogP) is 2.73. The minimum atomic E-state index is -0.206. The van der Waals surface area contributed by atoms with Crippen LogP contribution in [0.15, 0.2) is 0 Å². The molecule has 0 radical (unpaired) electrons. The summed E-state index contributed by atoms with van der Waals surface area (Å²) in [6, 6.07) is 0.396. The topological polar surface area (TPSA) is 55.1 Å². The van der Waals surface area contributed by atoms with Gasteiger partial charge in [-0.15, -0.1) is 0 Å². The molecular formula is C15H28N2O. The molecule has 0 spiro atoms. The molecule has 3 N–H and O–H groups in total. The van der Waals surface area contributed by atoms with Gasteiger partial charge in [0.25, 0.3) is 0 Å². The largest absolute Gasteiger partial charge is 0.353 e. The summed E-state index contributed by atoms with van der Waals surface area (Å²) in [7, 11) is 0. The van der Waals surface area contributed by atoms with Crippen LogP contribution in [-0.4, -0.2) is 17.5 Å². The van der Waals surface area contributed by atoms with Gasteiger partial charge in [-0.1, -0.05) is 32.6 Å². The fourth-order valence-electron chi connectivity index (χ4n) is 3.49. The normalized spacial score (nSPS) is 31.9. The molecule has 2 rings (SSSR count). The summed E-state index contributed by atoms with van der Waals surface area (Å²) < 4.78 is 0. The van der Waals surface area contributed by atoms with Crippen LogP contribution in [0.2, 0.25) is 0 Å². The van der Waals surface area contributed by atoms with Crippen LogP contribution in [0, 0.1) is 5.92 Å². The summed E-state index contributed by atoms with van der Waals surface area (Å²) in [4.78, 5) is 12.1. The van der Waals surface area contributed by atoms with Crippen LogP contribution in [0.5, 0.6) is 0 Å². The molecule has 18 heavy (non-hydrogen) atoms. The summed E-state index contributed by atoms with van der Waals surface area (Å²) in [5, 5.41) is 3.21. The van der Waals surface area contributed by atoms with Crippen LogP contribution in [0.4, 0.5) is 0 Å². The molecule has 2 unspecified atom stereocenters. The molecule has 104 valence electrons. The zero-order valence-electron chi connectivity index (χ0n) is 11.7. The lowest BCUT2D eigenvalue weighted by atomic mass is 9.94. The molecule has 0 heterocycles. The van der Waals surface area contributed by atoms with Crippen molar-refractivity contribution in [2.75, 3.05) is 0 Å². The Morgan fingerprint density at radius 2 is 1.89 bits per heavy atom. The van der Waals surface area contributed by atoms with Crippen LogP contribution in [-0.2, 0) is 4.79 Å². The third-order valence-electron chi connectivity index (χ3n) is 4.73. The number of carbonyl (C=O) groups is 1. The molecule has 2 fully saturated rings. The number of amides is 1. The van der Waals surface area contributed by atoms with E-state index in [-0.39, 0.29) is 11.4 Å². The highest BCUT2D eigenvalue weighted by Gasteiger charge is 2.32. The van der Waals surface area contributed by atoms with Crippen molar-refractivity contribution in [1.82, 2.24) is 5.32 Å². The van der Waals surface area contributed by atoms with E-state index in [0.717, 1.165) is 31.6 Å². The zero-order chi connectivity index (χ0) is 13.0. The van der Waals surface area contributed by atoms with Gasteiger partial charge >= 0.3 is 0 Å². The number of nitrogens with two attached hydrogens (primary N) is 1. The second-order valence-electron chi connectivity index (χ2n) is 6.62. The highest BCUT2D eigenvalue weighted by atomic mass is 16.1. The molecule has 2 saturated carbocycles. The first-order valence-electron chi connectivity index (χ1n) is 7.66. The van der Waals surface area contributed by atoms with E-state index in [1.807, 2.05) is 0 Å². The van der Waals surface area contributed by atoms with Gasteiger partial charge < -0.3 is 11.1 Å². The first kappa shape index (κ1) is 13.9. The number of carbonyl (C=O) groups excluding carboxylic acids is 1. The van der Waals surface area contributed by atoms with E-state index in [2.05, 4.69) is 12.2 Å². The van der Waals surface area contributed by atoms with Gasteiger partial charge in [0, 0.05) is 18.0 Å². The van der Waals surface area contributed by atoms with Gasteiger partial charge in [0.05, 0.1) is 0 Å². The number of rotatable bonds is 3. The average Bonchev–Trinajstić information content (AvgIpc) is 2.61. The molecule has 0 aliphatic heterocycles. The molecule has 3 nitrogen and oxygen atoms in total. The van der Waals surface area contributed by atoms with E-state index < -0.39 is 0 Å². The van der Waals surface area contributed by atoms with E-state index in [9.17, 15) is 4.79 Å². The SMILES string of the molecule is CC1CCCC(NC(=O)CC2(N)CCCC2)CC1. The standard InChI is InChI=1S/C15H28N2O/c1-12-5-4-6-13(8-7-12)17-14(18)11-15(16)9-2-3-10-15/h12-13H,2-11,16H2,1H3,(H,17,18). The summed E-state index contributed by atoms with van der Waals surface area (Å²) >= 11 is 0. The van der Waals surface area contributed by atoms with Gasteiger partial charge in [-0.3, -0.25) is 4.79 Å². The van der Waals surface area contributed by atoms with Crippen molar-refractivity contribution in [1.29, 1.82) is 0 Å². The van der Waals surface area contributed by atoms with Crippen molar-refractivity contribution < 1.29 is 4.79 Å². The summed E-state index contributed by atoms with van der Waals surface area (Å²) in [6.45, 7) is 2.32. The number of hydrogen-bond acceptors (Lipinski definition) is 2. The quantitative estimate of drug-likeness (QED) is 0.759. The second kappa shape index (κ2) is 6.05. The van der Waals surface area contributed by atoms with E-state index in [1.54, 1.807) is 0 Å². The lowest BCUT2D eigenvalue weighted by Crippen LogP contribution is -2.44. The molecule has 0 bridgehead atoms. The van der Waals surface area contributed by atoms with Crippen molar-refractivity contribution >= 4 is 5.91 Å². The Morgan fingerprint density at radius 1 is 1.17 bits per heavy atom. The first-order valence-corrected chi connectivity index (χ1v) is 7.66. The van der Waals surface area contributed by atoms with Crippen LogP contribution >= 0.6 is 0 Å². The van der Waals surface area contributed by atoms with Gasteiger partial charge in [0.1, 0.15) is 0 Å². The molecule has 0 aromatic heterocycles. The third-order valence-corrected chi connectivity index (χ3v) is 4.73. The van der Waals surface area contributed by atoms with Crippen molar-refractivity contribution in [2.24, 2.45) is 11.7 Å². The summed E-state index contributed by atoms with van der Waals surface area (Å²) in [5.74, 6) is 1.00. The second-order valence-corrected chi connectivity index (χ2v) is 6.62. The molecule has 3 heteroatoms. The highest BCUT2D eigenvalue weighted by Crippen LogP contribution is 2.30. The van der Waals surface area contributed by atoms with Crippen LogP contribution in [0.1, 0.15) is 71.1 Å². The molecule has 2 aliphatic carbocycles. The molecule has 0 saturated heterocycles. The average molecular weight is 252 g/mol. The van der Waals surface area contributed by atoms with Gasteiger partial charge in [0.15, 0.2) is 0 Å². The Labute approximate surface area is 111 Å². The maximum atomic E-state index is 12.1. The van der Waals surface area contributed by atoms with Crippen LogP contribution in [0.25, 0.3) is 0 Å². The fourth-order valence-corrected chi connectivity index (χ4v) is 3.49. The van der Waals surface area contributed by atoms with Gasteiger partial charge in [-0.05, 0) is 38.0 Å². The van der Waals surface area contributed by atoms with E-state index in [4.69, 9.17) is 5.73 Å². The van der Waals surface area contributed by atoms with E-state index in [1.165, 1.54) is 32.1 Å². The van der Waals surface area contributed by atoms with Gasteiger partial charge in [-0.2, -0.15) is 0 Å². The van der Waals surface area contributed by atoms with Gasteiger partial charge in [0.2, 0.25) is 5.91 Å². The minimum Gasteiger partial charge on any atom is -0.353 e. The first-order chi connectivity index (χ1) is 8.57. The molecule has 1 amide bonds. The Hall–Kier alpha value is -0.570. The Morgan fingerprint density at radius 3 is 2.61 bits per heavy atom. The molecule has 2 aliphatic rings. The lowest BCUT2D eigenvalue weighted by molar-refractivity contribution is -0.123. The summed E-state index contributed by atoms with van der Waals surface area (Å²) in [6.07, 6.45) is 11.0. The smallest absolute Gasteiger partial charge is 0.222 e. The van der Waals surface area contributed by atoms with Crippen LogP contribution < -0.4 is 11.1 Å². The predicted molar refractivity (Wildman–Crippen MR) is 74.2 cm³/mol. The van der Waals surface area contributed by atoms with Crippen molar-refractivity contribution in [3.8, 4) is 0 Å². The van der Waals surface area contributed by atoms with Crippen molar-refractivity contribution in [2.45, 2.75) is 82.7 Å². The maximum Gasteiger partial charge on any atom is 0.222 e. The molecule has 0 aromatic rings. The zero-order valence-corrected chi connectivity index (χ0v) is 11.7. The minimum absolute atomic E-state index is 0.180. The third kappa shape index (κ3) is 3.98. The fraction of sp³-hybridized carbons (Fsp3) is 0.933.